The molecule has 2 aromatic carbocycles. The summed E-state index contributed by atoms with van der Waals surface area (Å²) in [6.07, 6.45) is 0. The van der Waals surface area contributed by atoms with Gasteiger partial charge in [0.2, 0.25) is 0 Å². The van der Waals surface area contributed by atoms with Gasteiger partial charge in [-0.2, -0.15) is 0 Å². The summed E-state index contributed by atoms with van der Waals surface area (Å²) in [7, 11) is 3.00. The smallest absolute Gasteiger partial charge is 0.262 e. The molecule has 0 atom stereocenters. The van der Waals surface area contributed by atoms with Gasteiger partial charge in [-0.05, 0) is 37.3 Å². The number of benzene rings is 2. The number of hydrogen-bond donors (Lipinski definition) is 1. The molecule has 126 valence electrons. The van der Waals surface area contributed by atoms with E-state index in [4.69, 9.17) is 14.2 Å². The molecule has 0 aliphatic rings. The lowest BCUT2D eigenvalue weighted by molar-refractivity contribution is -0.118. The van der Waals surface area contributed by atoms with Crippen LogP contribution in [-0.2, 0) is 4.79 Å². The van der Waals surface area contributed by atoms with Crippen LogP contribution in [0.2, 0.25) is 0 Å². The second-order valence-electron chi connectivity index (χ2n) is 4.96. The topological polar surface area (TPSA) is 73.9 Å². The average Bonchev–Trinajstić information content (AvgIpc) is 2.60. The third kappa shape index (κ3) is 4.25. The van der Waals surface area contributed by atoms with E-state index in [1.165, 1.54) is 21.1 Å². The number of nitrogens with one attached hydrogen (secondary N) is 1. The normalized spacial score (nSPS) is 9.96. The highest BCUT2D eigenvalue weighted by molar-refractivity contribution is 5.95. The molecule has 1 amide bonds. The third-order valence-corrected chi connectivity index (χ3v) is 3.31. The first-order chi connectivity index (χ1) is 11.5. The molecule has 0 unspecified atom stereocenters. The monoisotopic (exact) mass is 329 g/mol. The van der Waals surface area contributed by atoms with Crippen LogP contribution in [-0.4, -0.2) is 32.5 Å². The largest absolute Gasteiger partial charge is 0.495 e. The Balaban J connectivity index is 2.02. The quantitative estimate of drug-likeness (QED) is 0.791. The van der Waals surface area contributed by atoms with Crippen molar-refractivity contribution in [2.45, 2.75) is 6.92 Å². The fraction of sp³-hybridized carbons (Fsp3) is 0.222. The molecule has 0 aliphatic carbocycles. The van der Waals surface area contributed by atoms with Crippen LogP contribution in [0.4, 0.5) is 5.69 Å². The molecule has 0 saturated carbocycles. The molecule has 2 aromatic rings. The summed E-state index contributed by atoms with van der Waals surface area (Å²) in [4.78, 5) is 23.4. The van der Waals surface area contributed by atoms with Gasteiger partial charge in [-0.3, -0.25) is 9.59 Å². The van der Waals surface area contributed by atoms with Gasteiger partial charge in [0.05, 0.1) is 19.9 Å². The molecule has 0 spiro atoms. The van der Waals surface area contributed by atoms with Crippen LogP contribution in [0, 0.1) is 0 Å². The average molecular weight is 329 g/mol. The Labute approximate surface area is 140 Å². The molecule has 24 heavy (non-hydrogen) atoms. The Morgan fingerprint density at radius 3 is 2.33 bits per heavy atom. The molecule has 0 fully saturated rings. The second kappa shape index (κ2) is 8.01. The summed E-state index contributed by atoms with van der Waals surface area (Å²) in [5.74, 6) is 0.936. The molecular formula is C18H19NO5. The number of Topliss-reactive ketones (excluding diaryl/α,β-unsaturated/α-hetero) is 1. The fourth-order valence-electron chi connectivity index (χ4n) is 2.08. The Bertz CT molecular complexity index is 742. The minimum absolute atomic E-state index is 0.0752. The van der Waals surface area contributed by atoms with E-state index in [1.807, 2.05) is 6.07 Å². The third-order valence-electron chi connectivity index (χ3n) is 3.31. The molecule has 0 aliphatic heterocycles. The lowest BCUT2D eigenvalue weighted by Gasteiger charge is -2.13. The first-order valence-corrected chi connectivity index (χ1v) is 7.29. The summed E-state index contributed by atoms with van der Waals surface area (Å²) in [5.41, 5.74) is 1.07. The van der Waals surface area contributed by atoms with Crippen molar-refractivity contribution in [3.05, 3.63) is 48.0 Å². The van der Waals surface area contributed by atoms with Gasteiger partial charge < -0.3 is 19.5 Å². The van der Waals surface area contributed by atoms with E-state index in [1.54, 1.807) is 36.4 Å². The predicted octanol–water partition coefficient (Wildman–Crippen LogP) is 2.92. The first-order valence-electron chi connectivity index (χ1n) is 7.29. The second-order valence-corrected chi connectivity index (χ2v) is 4.96. The molecule has 0 aromatic heterocycles. The number of amides is 1. The van der Waals surface area contributed by atoms with Gasteiger partial charge in [-0.15, -0.1) is 0 Å². The first kappa shape index (κ1) is 17.3. The summed E-state index contributed by atoms with van der Waals surface area (Å²) in [6, 6.07) is 11.9. The molecule has 0 saturated heterocycles. The van der Waals surface area contributed by atoms with Gasteiger partial charge in [0, 0.05) is 5.56 Å². The molecule has 0 bridgehead atoms. The summed E-state index contributed by atoms with van der Waals surface area (Å²) in [5, 5.41) is 2.71. The van der Waals surface area contributed by atoms with E-state index in [0.717, 1.165) is 0 Å². The summed E-state index contributed by atoms with van der Waals surface area (Å²) in [6.45, 7) is 1.27. The highest BCUT2D eigenvalue weighted by Crippen LogP contribution is 2.28. The van der Waals surface area contributed by atoms with Gasteiger partial charge in [0.25, 0.3) is 5.91 Å². The Hall–Kier alpha value is -3.02. The lowest BCUT2D eigenvalue weighted by Crippen LogP contribution is -2.20. The number of carbonyl (C=O) groups is 2. The minimum Gasteiger partial charge on any atom is -0.495 e. The Morgan fingerprint density at radius 1 is 0.958 bits per heavy atom. The highest BCUT2D eigenvalue weighted by Gasteiger charge is 2.11. The summed E-state index contributed by atoms with van der Waals surface area (Å²) >= 11 is 0. The van der Waals surface area contributed by atoms with Crippen molar-refractivity contribution in [1.82, 2.24) is 0 Å². The van der Waals surface area contributed by atoms with Crippen LogP contribution >= 0.6 is 0 Å². The number of ether oxygens (including phenoxy) is 3. The zero-order valence-electron chi connectivity index (χ0n) is 13.8. The van der Waals surface area contributed by atoms with Crippen LogP contribution in [0.25, 0.3) is 0 Å². The fourth-order valence-corrected chi connectivity index (χ4v) is 2.08. The molecule has 2 rings (SSSR count). The van der Waals surface area contributed by atoms with Crippen molar-refractivity contribution in [2.24, 2.45) is 0 Å². The molecular weight excluding hydrogens is 310 g/mol. The van der Waals surface area contributed by atoms with Gasteiger partial charge in [-0.25, -0.2) is 0 Å². The number of carbonyl (C=O) groups excluding carboxylic acids is 2. The highest BCUT2D eigenvalue weighted by atomic mass is 16.5. The van der Waals surface area contributed by atoms with Crippen molar-refractivity contribution in [3.63, 3.8) is 0 Å². The Morgan fingerprint density at radius 2 is 1.67 bits per heavy atom. The molecule has 1 N–H and O–H groups in total. The SMILES string of the molecule is COc1ccccc1NC(=O)COc1ccc(C(C)=O)cc1OC. The van der Waals surface area contributed by atoms with Gasteiger partial charge >= 0.3 is 0 Å². The van der Waals surface area contributed by atoms with Crippen LogP contribution in [0.1, 0.15) is 17.3 Å². The van der Waals surface area contributed by atoms with Crippen molar-refractivity contribution in [2.75, 3.05) is 26.1 Å². The van der Waals surface area contributed by atoms with Crippen LogP contribution in [0.15, 0.2) is 42.5 Å². The van der Waals surface area contributed by atoms with Gasteiger partial charge in [0.15, 0.2) is 23.9 Å². The van der Waals surface area contributed by atoms with Crippen molar-refractivity contribution < 1.29 is 23.8 Å². The maximum atomic E-state index is 12.0. The van der Waals surface area contributed by atoms with E-state index in [2.05, 4.69) is 5.32 Å². The number of ketones is 1. The predicted molar refractivity (Wildman–Crippen MR) is 90.1 cm³/mol. The number of hydrogen-bond acceptors (Lipinski definition) is 5. The van der Waals surface area contributed by atoms with Crippen LogP contribution < -0.4 is 19.5 Å². The van der Waals surface area contributed by atoms with E-state index in [-0.39, 0.29) is 18.3 Å². The standard InChI is InChI=1S/C18H19NO5/c1-12(20)13-8-9-16(17(10-13)23-3)24-11-18(21)19-14-6-4-5-7-15(14)22-2/h4-10H,11H2,1-3H3,(H,19,21). The van der Waals surface area contributed by atoms with Gasteiger partial charge in [0.1, 0.15) is 5.75 Å². The van der Waals surface area contributed by atoms with E-state index in [0.29, 0.717) is 28.5 Å². The van der Waals surface area contributed by atoms with E-state index < -0.39 is 0 Å². The van der Waals surface area contributed by atoms with Crippen LogP contribution in [0.3, 0.4) is 0 Å². The zero-order chi connectivity index (χ0) is 17.5. The molecule has 0 heterocycles. The maximum absolute atomic E-state index is 12.0. The minimum atomic E-state index is -0.336. The van der Waals surface area contributed by atoms with Crippen molar-refractivity contribution in [3.8, 4) is 17.2 Å². The molecule has 6 heteroatoms. The molecule has 6 nitrogen and oxygen atoms in total. The van der Waals surface area contributed by atoms with E-state index >= 15 is 0 Å². The maximum Gasteiger partial charge on any atom is 0.262 e. The van der Waals surface area contributed by atoms with Gasteiger partial charge in [-0.1, -0.05) is 12.1 Å². The Kier molecular flexibility index (Phi) is 5.78. The number of anilines is 1. The lowest BCUT2D eigenvalue weighted by atomic mass is 10.1. The van der Waals surface area contributed by atoms with Crippen molar-refractivity contribution in [1.29, 1.82) is 0 Å². The molecule has 0 radical (unpaired) electrons. The van der Waals surface area contributed by atoms with Crippen LogP contribution in [0.5, 0.6) is 17.2 Å². The van der Waals surface area contributed by atoms with E-state index in [9.17, 15) is 9.59 Å². The van der Waals surface area contributed by atoms with Crippen molar-refractivity contribution >= 4 is 17.4 Å². The zero-order valence-corrected chi connectivity index (χ0v) is 13.8. The number of para-hydroxylation sites is 2. The number of methoxy groups -OCH3 is 2. The number of rotatable bonds is 7. The summed E-state index contributed by atoms with van der Waals surface area (Å²) < 4.78 is 15.8.